The summed E-state index contributed by atoms with van der Waals surface area (Å²) in [6.45, 7) is 1.85. The van der Waals surface area contributed by atoms with Crippen LogP contribution in [0.4, 0.5) is 0 Å². The van der Waals surface area contributed by atoms with Gasteiger partial charge in [0.05, 0.1) is 11.1 Å². The number of rotatable bonds is 6. The largest absolute Gasteiger partial charge is 0.330 e. The van der Waals surface area contributed by atoms with Crippen LogP contribution >= 0.6 is 0 Å². The first-order valence-corrected chi connectivity index (χ1v) is 9.20. The summed E-state index contributed by atoms with van der Waals surface area (Å²) >= 11 is 0. The van der Waals surface area contributed by atoms with Crippen molar-refractivity contribution in [2.75, 3.05) is 13.1 Å². The fourth-order valence-corrected chi connectivity index (χ4v) is 3.82. The third-order valence-electron chi connectivity index (χ3n) is 5.76. The van der Waals surface area contributed by atoms with Crippen molar-refractivity contribution in [1.29, 1.82) is 0 Å². The highest BCUT2D eigenvalue weighted by atomic mass is 16.2. The van der Waals surface area contributed by atoms with E-state index >= 15 is 0 Å². The average molecular weight is 370 g/mol. The predicted molar refractivity (Wildman–Crippen MR) is 95.5 cm³/mol. The number of hydrogen-bond acceptors (Lipinski definition) is 6. The fourth-order valence-electron chi connectivity index (χ4n) is 3.82. The first kappa shape index (κ1) is 17.8. The molecule has 0 bridgehead atoms. The third-order valence-corrected chi connectivity index (χ3v) is 5.76. The maximum absolute atomic E-state index is 13.0. The summed E-state index contributed by atoms with van der Waals surface area (Å²) in [5, 5.41) is 5.55. The molecule has 1 aliphatic carbocycles. The average Bonchev–Trinajstić information content (AvgIpc) is 3.38. The maximum atomic E-state index is 13.0. The Morgan fingerprint density at radius 1 is 1.19 bits per heavy atom. The highest BCUT2D eigenvalue weighted by Gasteiger charge is 2.45. The minimum atomic E-state index is -0.942. The van der Waals surface area contributed by atoms with Crippen molar-refractivity contribution >= 4 is 23.6 Å². The van der Waals surface area contributed by atoms with Crippen LogP contribution in [0.3, 0.4) is 0 Å². The number of imide groups is 2. The van der Waals surface area contributed by atoms with E-state index in [4.69, 9.17) is 5.73 Å². The van der Waals surface area contributed by atoms with Crippen molar-refractivity contribution in [2.45, 2.75) is 38.3 Å². The molecule has 0 radical (unpaired) electrons. The number of nitrogens with zero attached hydrogens (tertiary/aromatic N) is 1. The van der Waals surface area contributed by atoms with Crippen molar-refractivity contribution < 1.29 is 19.2 Å². The molecule has 2 aliphatic heterocycles. The van der Waals surface area contributed by atoms with Gasteiger partial charge in [-0.3, -0.25) is 29.4 Å². The van der Waals surface area contributed by atoms with Gasteiger partial charge in [0.15, 0.2) is 0 Å². The molecule has 1 unspecified atom stereocenters. The molecule has 4 rings (SSSR count). The fraction of sp³-hybridized carbons (Fsp3) is 0.474. The first-order valence-electron chi connectivity index (χ1n) is 9.20. The lowest BCUT2D eigenvalue weighted by Crippen LogP contribution is -2.54. The SMILES string of the molecule is NCC1(CNCc2cccc3c2C(=O)N(C2CCC(=O)NC2=O)C3=O)CC1. The molecule has 0 spiro atoms. The summed E-state index contributed by atoms with van der Waals surface area (Å²) < 4.78 is 0. The third kappa shape index (κ3) is 3.04. The minimum Gasteiger partial charge on any atom is -0.330 e. The lowest BCUT2D eigenvalue weighted by Gasteiger charge is -2.27. The van der Waals surface area contributed by atoms with Crippen LogP contribution < -0.4 is 16.4 Å². The van der Waals surface area contributed by atoms with E-state index in [1.807, 2.05) is 6.07 Å². The molecule has 1 aromatic rings. The Bertz CT molecular complexity index is 846. The smallest absolute Gasteiger partial charge is 0.262 e. The highest BCUT2D eigenvalue weighted by molar-refractivity contribution is 6.24. The topological polar surface area (TPSA) is 122 Å². The molecule has 0 aromatic heterocycles. The number of benzene rings is 1. The molecule has 2 fully saturated rings. The van der Waals surface area contributed by atoms with Crippen LogP contribution in [-0.4, -0.2) is 47.7 Å². The number of amides is 4. The van der Waals surface area contributed by atoms with Gasteiger partial charge in [-0.05, 0) is 42.9 Å². The molecule has 1 saturated heterocycles. The summed E-state index contributed by atoms with van der Waals surface area (Å²) in [6, 6.07) is 4.22. The standard InChI is InChI=1S/C19H22N4O4/c20-9-19(6-7-19)10-21-8-11-2-1-3-12-15(11)18(27)23(17(12)26)13-4-5-14(24)22-16(13)25/h1-3,13,21H,4-10,20H2,(H,22,24,25). The highest BCUT2D eigenvalue weighted by Crippen LogP contribution is 2.43. The monoisotopic (exact) mass is 370 g/mol. The molecule has 3 aliphatic rings. The van der Waals surface area contributed by atoms with Crippen LogP contribution in [0.15, 0.2) is 18.2 Å². The zero-order valence-electron chi connectivity index (χ0n) is 14.9. The van der Waals surface area contributed by atoms with Gasteiger partial charge in [-0.1, -0.05) is 12.1 Å². The van der Waals surface area contributed by atoms with Gasteiger partial charge >= 0.3 is 0 Å². The Morgan fingerprint density at radius 3 is 2.63 bits per heavy atom. The van der Waals surface area contributed by atoms with Crippen LogP contribution in [0.5, 0.6) is 0 Å². The number of nitrogens with two attached hydrogens (primary N) is 1. The van der Waals surface area contributed by atoms with Crippen molar-refractivity contribution in [2.24, 2.45) is 11.1 Å². The summed E-state index contributed by atoms with van der Waals surface area (Å²) in [6.07, 6.45) is 2.47. The second-order valence-electron chi connectivity index (χ2n) is 7.59. The van der Waals surface area contributed by atoms with Crippen molar-refractivity contribution in [3.63, 3.8) is 0 Å². The molecule has 4 N–H and O–H groups in total. The molecule has 1 atom stereocenters. The number of fused-ring (bicyclic) bond motifs is 1. The first-order chi connectivity index (χ1) is 13.0. The van der Waals surface area contributed by atoms with Crippen LogP contribution in [-0.2, 0) is 16.1 Å². The summed E-state index contributed by atoms with van der Waals surface area (Å²) in [5.41, 5.74) is 7.34. The zero-order chi connectivity index (χ0) is 19.2. The Kier molecular flexibility index (Phi) is 4.32. The van der Waals surface area contributed by atoms with Gasteiger partial charge in [-0.25, -0.2) is 0 Å². The molecule has 4 amide bonds. The van der Waals surface area contributed by atoms with E-state index in [0.29, 0.717) is 24.2 Å². The van der Waals surface area contributed by atoms with Crippen molar-refractivity contribution in [1.82, 2.24) is 15.5 Å². The maximum Gasteiger partial charge on any atom is 0.262 e. The normalized spacial score (nSPS) is 23.4. The number of nitrogens with one attached hydrogen (secondary N) is 2. The molecule has 1 saturated carbocycles. The van der Waals surface area contributed by atoms with E-state index in [1.54, 1.807) is 12.1 Å². The number of carbonyl (C=O) groups excluding carboxylic acids is 4. The summed E-state index contributed by atoms with van der Waals surface area (Å²) in [7, 11) is 0. The van der Waals surface area contributed by atoms with E-state index in [0.717, 1.165) is 29.8 Å². The molecular weight excluding hydrogens is 348 g/mol. The van der Waals surface area contributed by atoms with Gasteiger partial charge in [0, 0.05) is 19.5 Å². The van der Waals surface area contributed by atoms with E-state index in [9.17, 15) is 19.2 Å². The van der Waals surface area contributed by atoms with E-state index < -0.39 is 23.8 Å². The van der Waals surface area contributed by atoms with Crippen LogP contribution in [0.25, 0.3) is 0 Å². The Balaban J connectivity index is 1.54. The van der Waals surface area contributed by atoms with Gasteiger partial charge < -0.3 is 11.1 Å². The molecule has 8 nitrogen and oxygen atoms in total. The van der Waals surface area contributed by atoms with E-state index in [-0.39, 0.29) is 24.2 Å². The van der Waals surface area contributed by atoms with Crippen molar-refractivity contribution in [3.05, 3.63) is 34.9 Å². The second-order valence-corrected chi connectivity index (χ2v) is 7.59. The lowest BCUT2D eigenvalue weighted by molar-refractivity contribution is -0.136. The molecule has 2 heterocycles. The van der Waals surface area contributed by atoms with E-state index in [1.165, 1.54) is 0 Å². The van der Waals surface area contributed by atoms with Crippen LogP contribution in [0, 0.1) is 5.41 Å². The van der Waals surface area contributed by atoms with Gasteiger partial charge in [0.2, 0.25) is 11.8 Å². The quantitative estimate of drug-likeness (QED) is 0.602. The zero-order valence-corrected chi connectivity index (χ0v) is 14.9. The van der Waals surface area contributed by atoms with Gasteiger partial charge in [0.1, 0.15) is 6.04 Å². The molecule has 142 valence electrons. The Morgan fingerprint density at radius 2 is 1.96 bits per heavy atom. The molecule has 1 aromatic carbocycles. The molecule has 8 heteroatoms. The number of carbonyl (C=O) groups is 4. The number of hydrogen-bond donors (Lipinski definition) is 3. The Labute approximate surface area is 156 Å². The summed E-state index contributed by atoms with van der Waals surface area (Å²) in [5.74, 6) is -1.93. The van der Waals surface area contributed by atoms with Gasteiger partial charge in [0.25, 0.3) is 11.8 Å². The lowest BCUT2D eigenvalue weighted by atomic mass is 10.0. The van der Waals surface area contributed by atoms with Gasteiger partial charge in [-0.2, -0.15) is 0 Å². The second kappa shape index (κ2) is 6.54. The molecule has 27 heavy (non-hydrogen) atoms. The van der Waals surface area contributed by atoms with Gasteiger partial charge in [-0.15, -0.1) is 0 Å². The minimum absolute atomic E-state index is 0.111. The van der Waals surface area contributed by atoms with E-state index in [2.05, 4.69) is 10.6 Å². The van der Waals surface area contributed by atoms with Crippen LogP contribution in [0.1, 0.15) is 52.0 Å². The molecular formula is C19H22N4O4. The van der Waals surface area contributed by atoms with Crippen molar-refractivity contribution in [3.8, 4) is 0 Å². The summed E-state index contributed by atoms with van der Waals surface area (Å²) in [4.78, 5) is 50.3. The predicted octanol–water partition coefficient (Wildman–Crippen LogP) is -0.0837. The Hall–Kier alpha value is -2.58. The van der Waals surface area contributed by atoms with Crippen LogP contribution in [0.2, 0.25) is 0 Å². The number of piperidine rings is 1.